The Labute approximate surface area is 113 Å². The lowest BCUT2D eigenvalue weighted by molar-refractivity contribution is -0.156. The fourth-order valence-corrected chi connectivity index (χ4v) is 1.58. The zero-order valence-corrected chi connectivity index (χ0v) is 12.0. The topological polar surface area (TPSA) is 52.6 Å². The average Bonchev–Trinajstić information content (AvgIpc) is 2.35. The summed E-state index contributed by atoms with van der Waals surface area (Å²) in [4.78, 5) is 23.4. The number of esters is 2. The van der Waals surface area contributed by atoms with Gasteiger partial charge in [0, 0.05) is 0 Å². The molecule has 0 heterocycles. The maximum absolute atomic E-state index is 12.0. The van der Waals surface area contributed by atoms with Crippen LogP contribution in [0.1, 0.15) is 49.5 Å². The van der Waals surface area contributed by atoms with Crippen LogP contribution in [0.4, 0.5) is 0 Å². The van der Waals surface area contributed by atoms with E-state index in [0.29, 0.717) is 5.56 Å². The van der Waals surface area contributed by atoms with Gasteiger partial charge in [0.25, 0.3) is 0 Å². The summed E-state index contributed by atoms with van der Waals surface area (Å²) in [5.74, 6) is -1.16. The Morgan fingerprint density at radius 2 is 1.84 bits per heavy atom. The Morgan fingerprint density at radius 1 is 1.21 bits per heavy atom. The van der Waals surface area contributed by atoms with Gasteiger partial charge in [0.2, 0.25) is 0 Å². The molecule has 104 valence electrons. The molecule has 0 amide bonds. The fraction of sp³-hybridized carbons (Fsp3) is 0.467. The van der Waals surface area contributed by atoms with Gasteiger partial charge in [0.1, 0.15) is 5.60 Å². The largest absolute Gasteiger partial charge is 0.465 e. The lowest BCUT2D eigenvalue weighted by Crippen LogP contribution is -2.26. The van der Waals surface area contributed by atoms with Crippen LogP contribution in [-0.2, 0) is 14.3 Å². The summed E-state index contributed by atoms with van der Waals surface area (Å²) in [6.07, 6.45) is 0. The zero-order valence-electron chi connectivity index (χ0n) is 12.0. The molecule has 0 unspecified atom stereocenters. The number of methoxy groups -OCH3 is 1. The molecule has 0 radical (unpaired) electrons. The average molecular weight is 264 g/mol. The number of benzene rings is 1. The molecular formula is C15H20O4. The Hall–Kier alpha value is -1.84. The normalized spacial score (nSPS) is 12.7. The molecule has 4 nitrogen and oxygen atoms in total. The van der Waals surface area contributed by atoms with Crippen molar-refractivity contribution in [2.75, 3.05) is 7.11 Å². The van der Waals surface area contributed by atoms with Crippen LogP contribution in [0.3, 0.4) is 0 Å². The minimum absolute atomic E-state index is 0.311. The molecular weight excluding hydrogens is 244 g/mol. The van der Waals surface area contributed by atoms with Gasteiger partial charge >= 0.3 is 11.9 Å². The van der Waals surface area contributed by atoms with Gasteiger partial charge in [-0.2, -0.15) is 0 Å². The van der Waals surface area contributed by atoms with E-state index in [0.717, 1.165) is 5.56 Å². The molecule has 0 N–H and O–H groups in total. The first-order valence-corrected chi connectivity index (χ1v) is 6.15. The third kappa shape index (κ3) is 4.39. The molecule has 0 spiro atoms. The SMILES string of the molecule is COC(=O)c1cccc([C@H](C)C(=O)OC(C)(C)C)c1. The first-order chi connectivity index (χ1) is 8.74. The van der Waals surface area contributed by atoms with E-state index < -0.39 is 17.5 Å². The first-order valence-electron chi connectivity index (χ1n) is 6.15. The van der Waals surface area contributed by atoms with Crippen molar-refractivity contribution in [2.24, 2.45) is 0 Å². The Kier molecular flexibility index (Phi) is 4.70. The number of hydrogen-bond acceptors (Lipinski definition) is 4. The molecule has 4 heteroatoms. The second-order valence-electron chi connectivity index (χ2n) is 5.37. The van der Waals surface area contributed by atoms with Crippen LogP contribution in [0, 0.1) is 0 Å². The molecule has 1 atom stereocenters. The number of rotatable bonds is 3. The van der Waals surface area contributed by atoms with Gasteiger partial charge in [-0.3, -0.25) is 4.79 Å². The van der Waals surface area contributed by atoms with E-state index in [9.17, 15) is 9.59 Å². The number of ether oxygens (including phenoxy) is 2. The predicted octanol–water partition coefficient (Wildman–Crippen LogP) is 2.92. The van der Waals surface area contributed by atoms with Crippen LogP contribution in [0.15, 0.2) is 24.3 Å². The molecule has 1 aromatic rings. The second kappa shape index (κ2) is 5.87. The summed E-state index contributed by atoms with van der Waals surface area (Å²) in [6.45, 7) is 7.22. The van der Waals surface area contributed by atoms with E-state index in [1.807, 2.05) is 20.8 Å². The third-order valence-corrected chi connectivity index (χ3v) is 2.57. The Balaban J connectivity index is 2.91. The number of carbonyl (C=O) groups excluding carboxylic acids is 2. The molecule has 0 aliphatic rings. The van der Waals surface area contributed by atoms with Crippen molar-refractivity contribution in [3.8, 4) is 0 Å². The van der Waals surface area contributed by atoms with Crippen molar-refractivity contribution in [2.45, 2.75) is 39.2 Å². The molecule has 0 saturated carbocycles. The fourth-order valence-electron chi connectivity index (χ4n) is 1.58. The molecule has 1 rings (SSSR count). The molecule has 0 aliphatic heterocycles. The van der Waals surface area contributed by atoms with E-state index in [-0.39, 0.29) is 5.97 Å². The molecule has 0 saturated heterocycles. The summed E-state index contributed by atoms with van der Waals surface area (Å²) in [5.41, 5.74) is 0.637. The maximum Gasteiger partial charge on any atom is 0.337 e. The highest BCUT2D eigenvalue weighted by atomic mass is 16.6. The van der Waals surface area contributed by atoms with Crippen molar-refractivity contribution in [1.29, 1.82) is 0 Å². The molecule has 0 aromatic heterocycles. The summed E-state index contributed by atoms with van der Waals surface area (Å²) in [6, 6.07) is 6.82. The highest BCUT2D eigenvalue weighted by molar-refractivity contribution is 5.90. The maximum atomic E-state index is 12.0. The molecule has 0 fully saturated rings. The van der Waals surface area contributed by atoms with E-state index in [1.54, 1.807) is 31.2 Å². The van der Waals surface area contributed by atoms with Crippen LogP contribution in [-0.4, -0.2) is 24.6 Å². The minimum atomic E-state index is -0.523. The van der Waals surface area contributed by atoms with Crippen LogP contribution in [0.25, 0.3) is 0 Å². The van der Waals surface area contributed by atoms with Crippen LogP contribution in [0.5, 0.6) is 0 Å². The Bertz CT molecular complexity index is 471. The van der Waals surface area contributed by atoms with Gasteiger partial charge in [-0.1, -0.05) is 12.1 Å². The molecule has 0 bridgehead atoms. The number of carbonyl (C=O) groups is 2. The van der Waals surface area contributed by atoms with E-state index >= 15 is 0 Å². The van der Waals surface area contributed by atoms with Crippen LogP contribution in [0.2, 0.25) is 0 Å². The summed E-state index contributed by atoms with van der Waals surface area (Å²) in [7, 11) is 1.33. The zero-order chi connectivity index (χ0) is 14.6. The van der Waals surface area contributed by atoms with Gasteiger partial charge in [-0.25, -0.2) is 4.79 Å². The third-order valence-electron chi connectivity index (χ3n) is 2.57. The van der Waals surface area contributed by atoms with Gasteiger partial charge in [-0.15, -0.1) is 0 Å². The van der Waals surface area contributed by atoms with Gasteiger partial charge < -0.3 is 9.47 Å². The first kappa shape index (κ1) is 15.2. The van der Waals surface area contributed by atoms with Crippen LogP contribution < -0.4 is 0 Å². The lowest BCUT2D eigenvalue weighted by atomic mass is 9.99. The monoisotopic (exact) mass is 264 g/mol. The minimum Gasteiger partial charge on any atom is -0.465 e. The molecule has 1 aromatic carbocycles. The van der Waals surface area contributed by atoms with Crippen molar-refractivity contribution in [3.05, 3.63) is 35.4 Å². The van der Waals surface area contributed by atoms with Crippen molar-refractivity contribution < 1.29 is 19.1 Å². The van der Waals surface area contributed by atoms with E-state index in [1.165, 1.54) is 7.11 Å². The van der Waals surface area contributed by atoms with E-state index in [2.05, 4.69) is 4.74 Å². The predicted molar refractivity (Wildman–Crippen MR) is 72.0 cm³/mol. The standard InChI is InChI=1S/C15H20O4/c1-10(13(16)19-15(2,3)4)11-7-6-8-12(9-11)14(17)18-5/h6-10H,1-5H3/t10-/m0/s1. The smallest absolute Gasteiger partial charge is 0.337 e. The second-order valence-corrected chi connectivity index (χ2v) is 5.37. The van der Waals surface area contributed by atoms with Gasteiger partial charge in [0.15, 0.2) is 0 Å². The van der Waals surface area contributed by atoms with Crippen LogP contribution >= 0.6 is 0 Å². The highest BCUT2D eigenvalue weighted by Crippen LogP contribution is 2.21. The van der Waals surface area contributed by atoms with Gasteiger partial charge in [0.05, 0.1) is 18.6 Å². The lowest BCUT2D eigenvalue weighted by Gasteiger charge is -2.22. The molecule has 0 aliphatic carbocycles. The van der Waals surface area contributed by atoms with Crippen molar-refractivity contribution in [3.63, 3.8) is 0 Å². The Morgan fingerprint density at radius 3 is 2.37 bits per heavy atom. The van der Waals surface area contributed by atoms with E-state index in [4.69, 9.17) is 4.74 Å². The van der Waals surface area contributed by atoms with Gasteiger partial charge in [-0.05, 0) is 45.4 Å². The van der Waals surface area contributed by atoms with Crippen molar-refractivity contribution in [1.82, 2.24) is 0 Å². The summed E-state index contributed by atoms with van der Waals surface area (Å²) >= 11 is 0. The summed E-state index contributed by atoms with van der Waals surface area (Å²) in [5, 5.41) is 0. The number of hydrogen-bond donors (Lipinski definition) is 0. The summed E-state index contributed by atoms with van der Waals surface area (Å²) < 4.78 is 9.98. The van der Waals surface area contributed by atoms with Crippen molar-refractivity contribution >= 4 is 11.9 Å². The highest BCUT2D eigenvalue weighted by Gasteiger charge is 2.23. The quantitative estimate of drug-likeness (QED) is 0.788. The molecule has 19 heavy (non-hydrogen) atoms.